The van der Waals surface area contributed by atoms with Crippen molar-refractivity contribution in [3.63, 3.8) is 0 Å². The number of nitrogens with zero attached hydrogens (tertiary/aromatic N) is 1. The zero-order chi connectivity index (χ0) is 12.3. The summed E-state index contributed by atoms with van der Waals surface area (Å²) < 4.78 is 1.22. The van der Waals surface area contributed by atoms with Crippen molar-refractivity contribution in [1.82, 2.24) is 4.90 Å². The molecule has 0 bridgehead atoms. The lowest BCUT2D eigenvalue weighted by Gasteiger charge is -2.17. The molecule has 1 nitrogen and oxygen atoms in total. The van der Waals surface area contributed by atoms with E-state index in [1.807, 2.05) is 0 Å². The van der Waals surface area contributed by atoms with Crippen LogP contribution in [0.15, 0.2) is 40.2 Å². The van der Waals surface area contributed by atoms with Crippen molar-refractivity contribution in [2.45, 2.75) is 20.0 Å². The molecular formula is C14H16BrNS. The van der Waals surface area contributed by atoms with Crippen LogP contribution in [0.5, 0.6) is 0 Å². The first-order valence-corrected chi connectivity index (χ1v) is 7.29. The van der Waals surface area contributed by atoms with Gasteiger partial charge >= 0.3 is 0 Å². The van der Waals surface area contributed by atoms with Gasteiger partial charge in [-0.2, -0.15) is 0 Å². The van der Waals surface area contributed by atoms with E-state index in [9.17, 15) is 0 Å². The number of thiophene rings is 1. The molecule has 90 valence electrons. The molecule has 0 spiro atoms. The van der Waals surface area contributed by atoms with E-state index in [4.69, 9.17) is 0 Å². The Kier molecular flexibility index (Phi) is 4.37. The SMILES string of the molecule is Cc1ccccc1CN(C)Cc1sccc1Br. The molecule has 1 aromatic carbocycles. The Morgan fingerprint density at radius 3 is 2.59 bits per heavy atom. The molecular weight excluding hydrogens is 294 g/mol. The lowest BCUT2D eigenvalue weighted by molar-refractivity contribution is 0.321. The van der Waals surface area contributed by atoms with Gasteiger partial charge in [-0.15, -0.1) is 11.3 Å². The molecule has 0 aliphatic rings. The van der Waals surface area contributed by atoms with Crippen LogP contribution in [0.4, 0.5) is 0 Å². The van der Waals surface area contributed by atoms with E-state index in [-0.39, 0.29) is 0 Å². The summed E-state index contributed by atoms with van der Waals surface area (Å²) in [7, 11) is 2.17. The predicted octanol–water partition coefficient (Wildman–Crippen LogP) is 4.45. The molecule has 0 fully saturated rings. The number of hydrogen-bond acceptors (Lipinski definition) is 2. The van der Waals surface area contributed by atoms with Gasteiger partial charge in [-0.1, -0.05) is 24.3 Å². The van der Waals surface area contributed by atoms with E-state index in [1.54, 1.807) is 11.3 Å². The second-order valence-corrected chi connectivity index (χ2v) is 6.15. The van der Waals surface area contributed by atoms with Gasteiger partial charge < -0.3 is 0 Å². The van der Waals surface area contributed by atoms with Crippen molar-refractivity contribution < 1.29 is 0 Å². The first kappa shape index (κ1) is 12.8. The fourth-order valence-corrected chi connectivity index (χ4v) is 3.37. The van der Waals surface area contributed by atoms with Crippen LogP contribution < -0.4 is 0 Å². The van der Waals surface area contributed by atoms with Crippen LogP contribution in [0.25, 0.3) is 0 Å². The van der Waals surface area contributed by atoms with Gasteiger partial charge in [-0.05, 0) is 52.5 Å². The minimum atomic E-state index is 0.993. The molecule has 0 unspecified atom stereocenters. The molecule has 1 heterocycles. The lowest BCUT2D eigenvalue weighted by Crippen LogP contribution is -2.17. The van der Waals surface area contributed by atoms with Crippen molar-refractivity contribution in [3.8, 4) is 0 Å². The van der Waals surface area contributed by atoms with Gasteiger partial charge in [0.2, 0.25) is 0 Å². The molecule has 0 saturated carbocycles. The second kappa shape index (κ2) is 5.80. The summed E-state index contributed by atoms with van der Waals surface area (Å²) in [6.07, 6.45) is 0. The van der Waals surface area contributed by atoms with Crippen LogP contribution in [0, 0.1) is 6.92 Å². The lowest BCUT2D eigenvalue weighted by atomic mass is 10.1. The van der Waals surface area contributed by atoms with E-state index in [0.29, 0.717) is 0 Å². The molecule has 17 heavy (non-hydrogen) atoms. The fraction of sp³-hybridized carbons (Fsp3) is 0.286. The third kappa shape index (κ3) is 3.41. The average molecular weight is 310 g/mol. The maximum absolute atomic E-state index is 3.58. The topological polar surface area (TPSA) is 3.24 Å². The van der Waals surface area contributed by atoms with Crippen LogP contribution in [0.2, 0.25) is 0 Å². The number of halogens is 1. The summed E-state index contributed by atoms with van der Waals surface area (Å²) in [4.78, 5) is 3.74. The van der Waals surface area contributed by atoms with Crippen molar-refractivity contribution in [3.05, 3.63) is 56.2 Å². The summed E-state index contributed by atoms with van der Waals surface area (Å²) in [5.74, 6) is 0. The van der Waals surface area contributed by atoms with Gasteiger partial charge in [0.15, 0.2) is 0 Å². The van der Waals surface area contributed by atoms with E-state index in [0.717, 1.165) is 13.1 Å². The molecule has 1 aromatic heterocycles. The van der Waals surface area contributed by atoms with E-state index >= 15 is 0 Å². The summed E-state index contributed by atoms with van der Waals surface area (Å²) in [6.45, 7) is 4.16. The van der Waals surface area contributed by atoms with Gasteiger partial charge in [-0.3, -0.25) is 4.90 Å². The van der Waals surface area contributed by atoms with Gasteiger partial charge in [0.1, 0.15) is 0 Å². The Balaban J connectivity index is 2.01. The standard InChI is InChI=1S/C14H16BrNS/c1-11-5-3-4-6-12(11)9-16(2)10-14-13(15)7-8-17-14/h3-8H,9-10H2,1-2H3. The molecule has 2 aromatic rings. The highest BCUT2D eigenvalue weighted by Gasteiger charge is 2.07. The zero-order valence-electron chi connectivity index (χ0n) is 10.1. The van der Waals surface area contributed by atoms with Crippen LogP contribution in [0.3, 0.4) is 0 Å². The van der Waals surface area contributed by atoms with Crippen molar-refractivity contribution in [2.24, 2.45) is 0 Å². The first-order chi connectivity index (χ1) is 8.16. The molecule has 0 saturated heterocycles. The summed E-state index contributed by atoms with van der Waals surface area (Å²) in [5.41, 5.74) is 2.77. The minimum Gasteiger partial charge on any atom is -0.297 e. The normalized spacial score (nSPS) is 11.1. The Morgan fingerprint density at radius 2 is 1.94 bits per heavy atom. The molecule has 0 aliphatic heterocycles. The monoisotopic (exact) mass is 309 g/mol. The molecule has 0 aliphatic carbocycles. The van der Waals surface area contributed by atoms with Crippen molar-refractivity contribution in [2.75, 3.05) is 7.05 Å². The number of aryl methyl sites for hydroxylation is 1. The minimum absolute atomic E-state index is 0.993. The molecule has 0 amide bonds. The molecule has 0 radical (unpaired) electrons. The van der Waals surface area contributed by atoms with Gasteiger partial charge in [0, 0.05) is 22.4 Å². The van der Waals surface area contributed by atoms with Crippen LogP contribution in [-0.2, 0) is 13.1 Å². The number of benzene rings is 1. The van der Waals surface area contributed by atoms with Gasteiger partial charge in [-0.25, -0.2) is 0 Å². The molecule has 0 N–H and O–H groups in total. The number of rotatable bonds is 4. The smallest absolute Gasteiger partial charge is 0.0339 e. The van der Waals surface area contributed by atoms with Gasteiger partial charge in [0.05, 0.1) is 0 Å². The summed E-state index contributed by atoms with van der Waals surface area (Å²) in [5, 5.41) is 2.13. The largest absolute Gasteiger partial charge is 0.297 e. The highest BCUT2D eigenvalue weighted by molar-refractivity contribution is 9.10. The fourth-order valence-electron chi connectivity index (χ4n) is 1.82. The third-order valence-electron chi connectivity index (χ3n) is 2.81. The highest BCUT2D eigenvalue weighted by atomic mass is 79.9. The molecule has 0 atom stereocenters. The Bertz CT molecular complexity index is 492. The average Bonchev–Trinajstić information content (AvgIpc) is 2.68. The van der Waals surface area contributed by atoms with Crippen molar-refractivity contribution >= 4 is 27.3 Å². The van der Waals surface area contributed by atoms with E-state index in [1.165, 1.54) is 20.5 Å². The van der Waals surface area contributed by atoms with Gasteiger partial charge in [0.25, 0.3) is 0 Å². The second-order valence-electron chi connectivity index (χ2n) is 4.29. The number of hydrogen-bond donors (Lipinski definition) is 0. The Labute approximate surface area is 115 Å². The van der Waals surface area contributed by atoms with Crippen molar-refractivity contribution in [1.29, 1.82) is 0 Å². The Morgan fingerprint density at radius 1 is 1.18 bits per heavy atom. The molecule has 2 rings (SSSR count). The zero-order valence-corrected chi connectivity index (χ0v) is 12.5. The van der Waals surface area contributed by atoms with Crippen LogP contribution in [0.1, 0.15) is 16.0 Å². The highest BCUT2D eigenvalue weighted by Crippen LogP contribution is 2.24. The summed E-state index contributed by atoms with van der Waals surface area (Å²) >= 11 is 5.38. The summed E-state index contributed by atoms with van der Waals surface area (Å²) in [6, 6.07) is 10.7. The maximum Gasteiger partial charge on any atom is 0.0339 e. The van der Waals surface area contributed by atoms with E-state index < -0.39 is 0 Å². The van der Waals surface area contributed by atoms with Crippen LogP contribution >= 0.6 is 27.3 Å². The Hall–Kier alpha value is -0.640. The predicted molar refractivity (Wildman–Crippen MR) is 78.4 cm³/mol. The van der Waals surface area contributed by atoms with Crippen LogP contribution in [-0.4, -0.2) is 11.9 Å². The molecule has 3 heteroatoms. The quantitative estimate of drug-likeness (QED) is 0.806. The third-order valence-corrected chi connectivity index (χ3v) is 4.72. The first-order valence-electron chi connectivity index (χ1n) is 5.61. The maximum atomic E-state index is 3.58. The van der Waals surface area contributed by atoms with E-state index in [2.05, 4.69) is 70.5 Å².